The van der Waals surface area contributed by atoms with Crippen LogP contribution in [0.4, 0.5) is 0 Å². The summed E-state index contributed by atoms with van der Waals surface area (Å²) in [5.74, 6) is 0. The molecule has 0 saturated heterocycles. The van der Waals surface area contributed by atoms with Crippen LogP contribution in [0, 0.1) is 13.8 Å². The number of nitrogens with one attached hydrogen (secondary N) is 1. The van der Waals surface area contributed by atoms with Crippen LogP contribution in [0.2, 0.25) is 0 Å². The van der Waals surface area contributed by atoms with Crippen molar-refractivity contribution in [2.24, 2.45) is 0 Å². The summed E-state index contributed by atoms with van der Waals surface area (Å²) in [7, 11) is 0. The van der Waals surface area contributed by atoms with E-state index in [1.165, 1.54) is 12.1 Å². The van der Waals surface area contributed by atoms with E-state index >= 15 is 0 Å². The molecule has 0 bridgehead atoms. The summed E-state index contributed by atoms with van der Waals surface area (Å²) < 4.78 is 3.18. The molecule has 1 aromatic rings. The summed E-state index contributed by atoms with van der Waals surface area (Å²) in [6, 6.07) is 0.588. The highest BCUT2D eigenvalue weighted by molar-refractivity contribution is 9.10. The fourth-order valence-corrected chi connectivity index (χ4v) is 1.74. The predicted octanol–water partition coefficient (Wildman–Crippen LogP) is 2.65. The van der Waals surface area contributed by atoms with Gasteiger partial charge in [0.2, 0.25) is 0 Å². The third kappa shape index (κ3) is 3.31. The molecule has 0 aromatic carbocycles. The summed E-state index contributed by atoms with van der Waals surface area (Å²) >= 11 is 3.53. The van der Waals surface area contributed by atoms with Crippen LogP contribution in [0.25, 0.3) is 0 Å². The van der Waals surface area contributed by atoms with E-state index in [1.807, 2.05) is 6.92 Å². The minimum Gasteiger partial charge on any atom is -0.312 e. The second-order valence-electron chi connectivity index (χ2n) is 3.97. The van der Waals surface area contributed by atoms with Gasteiger partial charge in [0.05, 0.1) is 16.7 Å². The average molecular weight is 274 g/mol. The van der Waals surface area contributed by atoms with Gasteiger partial charge in [-0.25, -0.2) is 0 Å². The van der Waals surface area contributed by atoms with E-state index in [4.69, 9.17) is 0 Å². The van der Waals surface area contributed by atoms with Gasteiger partial charge < -0.3 is 5.32 Å². The van der Waals surface area contributed by atoms with E-state index < -0.39 is 0 Å². The first-order valence-corrected chi connectivity index (χ1v) is 6.28. The number of aromatic nitrogens is 2. The van der Waals surface area contributed by atoms with Gasteiger partial charge in [0, 0.05) is 18.3 Å². The number of nitrogens with zero attached hydrogens (tertiary/aromatic N) is 2. The van der Waals surface area contributed by atoms with Gasteiger partial charge in [-0.1, -0.05) is 6.92 Å². The molecular weight excluding hydrogens is 254 g/mol. The number of hydrogen-bond donors (Lipinski definition) is 1. The molecule has 1 rings (SSSR count). The summed E-state index contributed by atoms with van der Waals surface area (Å²) in [6.45, 7) is 10.4. The molecule has 0 saturated carbocycles. The molecule has 1 heterocycles. The third-order valence-electron chi connectivity index (χ3n) is 2.72. The molecule has 0 aliphatic rings. The van der Waals surface area contributed by atoms with Gasteiger partial charge in [-0.15, -0.1) is 0 Å². The lowest BCUT2D eigenvalue weighted by atomic mass is 10.2. The molecule has 0 fully saturated rings. The van der Waals surface area contributed by atoms with E-state index in [1.54, 1.807) is 0 Å². The van der Waals surface area contributed by atoms with Crippen molar-refractivity contribution in [3.8, 4) is 0 Å². The molecule has 86 valence electrons. The first-order chi connectivity index (χ1) is 7.06. The van der Waals surface area contributed by atoms with Crippen LogP contribution in [0.5, 0.6) is 0 Å². The topological polar surface area (TPSA) is 29.9 Å². The average Bonchev–Trinajstić information content (AvgIpc) is 2.46. The van der Waals surface area contributed by atoms with Gasteiger partial charge in [-0.05, 0) is 43.1 Å². The Hall–Kier alpha value is -0.350. The maximum atomic E-state index is 4.46. The van der Waals surface area contributed by atoms with Gasteiger partial charge in [-0.2, -0.15) is 5.10 Å². The Morgan fingerprint density at radius 2 is 2.13 bits per heavy atom. The molecule has 0 radical (unpaired) electrons. The van der Waals surface area contributed by atoms with Gasteiger partial charge in [-0.3, -0.25) is 4.68 Å². The summed E-state index contributed by atoms with van der Waals surface area (Å²) in [5, 5.41) is 7.92. The SMILES string of the molecule is CCC(C)NCCn1nc(C)c(Br)c1C. The number of hydrogen-bond acceptors (Lipinski definition) is 2. The predicted molar refractivity (Wildman–Crippen MR) is 67.2 cm³/mol. The summed E-state index contributed by atoms with van der Waals surface area (Å²) in [4.78, 5) is 0. The molecule has 1 N–H and O–H groups in total. The lowest BCUT2D eigenvalue weighted by Crippen LogP contribution is -2.29. The largest absolute Gasteiger partial charge is 0.312 e. The molecule has 0 aliphatic carbocycles. The Morgan fingerprint density at radius 1 is 1.47 bits per heavy atom. The minimum absolute atomic E-state index is 0.588. The van der Waals surface area contributed by atoms with Crippen molar-refractivity contribution < 1.29 is 0 Å². The van der Waals surface area contributed by atoms with Crippen LogP contribution in [-0.4, -0.2) is 22.4 Å². The van der Waals surface area contributed by atoms with Gasteiger partial charge >= 0.3 is 0 Å². The zero-order valence-corrected chi connectivity index (χ0v) is 11.6. The molecule has 15 heavy (non-hydrogen) atoms. The number of rotatable bonds is 5. The fourth-order valence-electron chi connectivity index (χ4n) is 1.45. The van der Waals surface area contributed by atoms with Gasteiger partial charge in [0.15, 0.2) is 0 Å². The van der Waals surface area contributed by atoms with Crippen molar-refractivity contribution in [3.05, 3.63) is 15.9 Å². The van der Waals surface area contributed by atoms with Crippen molar-refractivity contribution in [1.82, 2.24) is 15.1 Å². The molecule has 4 heteroatoms. The Morgan fingerprint density at radius 3 is 2.60 bits per heavy atom. The first-order valence-electron chi connectivity index (χ1n) is 5.49. The van der Waals surface area contributed by atoms with Crippen LogP contribution >= 0.6 is 15.9 Å². The molecule has 0 amide bonds. The maximum Gasteiger partial charge on any atom is 0.0738 e. The zero-order chi connectivity index (χ0) is 11.4. The highest BCUT2D eigenvalue weighted by Gasteiger charge is 2.07. The monoisotopic (exact) mass is 273 g/mol. The van der Waals surface area contributed by atoms with Crippen LogP contribution in [0.1, 0.15) is 31.7 Å². The highest BCUT2D eigenvalue weighted by Crippen LogP contribution is 2.19. The standard InChI is InChI=1S/C11H20BrN3/c1-5-8(2)13-6-7-15-10(4)11(12)9(3)14-15/h8,13H,5-7H2,1-4H3. The highest BCUT2D eigenvalue weighted by atomic mass is 79.9. The summed E-state index contributed by atoms with van der Waals surface area (Å²) in [6.07, 6.45) is 1.17. The van der Waals surface area contributed by atoms with Crippen LogP contribution in [0.3, 0.4) is 0 Å². The van der Waals surface area contributed by atoms with Crippen molar-refractivity contribution in [1.29, 1.82) is 0 Å². The Labute approximate surface area is 100 Å². The second-order valence-corrected chi connectivity index (χ2v) is 4.76. The van der Waals surface area contributed by atoms with E-state index in [-0.39, 0.29) is 0 Å². The molecular formula is C11H20BrN3. The van der Waals surface area contributed by atoms with Gasteiger partial charge in [0.25, 0.3) is 0 Å². The van der Waals surface area contributed by atoms with Crippen molar-refractivity contribution >= 4 is 15.9 Å². The lowest BCUT2D eigenvalue weighted by molar-refractivity contribution is 0.481. The van der Waals surface area contributed by atoms with Crippen molar-refractivity contribution in [2.45, 2.75) is 46.7 Å². The Balaban J connectivity index is 2.47. The maximum absolute atomic E-state index is 4.46. The Kier molecular flexibility index (Phi) is 4.80. The van der Waals surface area contributed by atoms with Crippen LogP contribution in [-0.2, 0) is 6.54 Å². The number of aryl methyl sites for hydroxylation is 1. The zero-order valence-electron chi connectivity index (χ0n) is 9.97. The Bertz CT molecular complexity index is 320. The molecule has 1 unspecified atom stereocenters. The molecule has 0 aliphatic heterocycles. The van der Waals surface area contributed by atoms with E-state index in [0.717, 1.165) is 23.3 Å². The molecule has 1 atom stereocenters. The molecule has 3 nitrogen and oxygen atoms in total. The third-order valence-corrected chi connectivity index (χ3v) is 3.87. The lowest BCUT2D eigenvalue weighted by Gasteiger charge is -2.11. The van der Waals surface area contributed by atoms with E-state index in [0.29, 0.717) is 6.04 Å². The summed E-state index contributed by atoms with van der Waals surface area (Å²) in [5.41, 5.74) is 2.27. The normalized spacial score (nSPS) is 13.1. The van der Waals surface area contributed by atoms with E-state index in [9.17, 15) is 0 Å². The van der Waals surface area contributed by atoms with E-state index in [2.05, 4.69) is 51.8 Å². The smallest absolute Gasteiger partial charge is 0.0738 e. The molecule has 1 aromatic heterocycles. The van der Waals surface area contributed by atoms with Crippen molar-refractivity contribution in [2.75, 3.05) is 6.54 Å². The molecule has 0 spiro atoms. The van der Waals surface area contributed by atoms with Crippen LogP contribution < -0.4 is 5.32 Å². The van der Waals surface area contributed by atoms with Gasteiger partial charge in [0.1, 0.15) is 0 Å². The second kappa shape index (κ2) is 5.66. The quantitative estimate of drug-likeness (QED) is 0.894. The van der Waals surface area contributed by atoms with Crippen LogP contribution in [0.15, 0.2) is 4.47 Å². The van der Waals surface area contributed by atoms with Crippen molar-refractivity contribution in [3.63, 3.8) is 0 Å². The number of halogens is 1. The minimum atomic E-state index is 0.588. The fraction of sp³-hybridized carbons (Fsp3) is 0.727. The first kappa shape index (κ1) is 12.7.